The molecule has 1 N–H and O–H groups in total. The minimum Gasteiger partial charge on any atom is -0.450 e. The molecule has 0 fully saturated rings. The molecular weight excluding hydrogens is 398 g/mol. The number of ether oxygens (including phenoxy) is 1. The topological polar surface area (TPSA) is 68.5 Å². The summed E-state index contributed by atoms with van der Waals surface area (Å²) in [5.41, 5.74) is 0.673. The summed E-state index contributed by atoms with van der Waals surface area (Å²) in [6, 6.07) is 16.8. The highest BCUT2D eigenvalue weighted by atomic mass is 79.9. The summed E-state index contributed by atoms with van der Waals surface area (Å²) < 4.78 is 10.9. The predicted molar refractivity (Wildman–Crippen MR) is 104 cm³/mol. The van der Waals surface area contributed by atoms with E-state index in [0.717, 1.165) is 10.8 Å². The van der Waals surface area contributed by atoms with E-state index in [1.54, 1.807) is 12.1 Å². The van der Waals surface area contributed by atoms with Gasteiger partial charge in [0, 0.05) is 17.1 Å². The zero-order chi connectivity index (χ0) is 18.5. The SMILES string of the molecule is C[C@H](OC(=O)/C=C/c1ccc(Br)o1)C(=O)Nc1cccc2ccccc12. The van der Waals surface area contributed by atoms with E-state index in [0.29, 0.717) is 16.1 Å². The van der Waals surface area contributed by atoms with Crippen LogP contribution in [0.3, 0.4) is 0 Å². The molecule has 3 aromatic rings. The summed E-state index contributed by atoms with van der Waals surface area (Å²) in [7, 11) is 0. The van der Waals surface area contributed by atoms with Gasteiger partial charge in [0.05, 0.1) is 0 Å². The fourth-order valence-corrected chi connectivity index (χ4v) is 2.72. The quantitative estimate of drug-likeness (QED) is 0.482. The number of carbonyl (C=O) groups excluding carboxylic acids is 2. The number of halogens is 1. The fourth-order valence-electron chi connectivity index (χ4n) is 2.40. The number of rotatable bonds is 5. The van der Waals surface area contributed by atoms with Crippen molar-refractivity contribution in [2.75, 3.05) is 5.32 Å². The number of esters is 1. The molecule has 2 aromatic carbocycles. The molecule has 26 heavy (non-hydrogen) atoms. The van der Waals surface area contributed by atoms with Crippen molar-refractivity contribution in [2.24, 2.45) is 0 Å². The zero-order valence-corrected chi connectivity index (χ0v) is 15.5. The van der Waals surface area contributed by atoms with Gasteiger partial charge in [0.1, 0.15) is 5.76 Å². The molecule has 0 aliphatic rings. The van der Waals surface area contributed by atoms with Crippen LogP contribution in [0.5, 0.6) is 0 Å². The van der Waals surface area contributed by atoms with Crippen LogP contribution in [0.2, 0.25) is 0 Å². The maximum atomic E-state index is 12.3. The van der Waals surface area contributed by atoms with Crippen LogP contribution in [0, 0.1) is 0 Å². The van der Waals surface area contributed by atoms with Crippen LogP contribution in [0.1, 0.15) is 12.7 Å². The Balaban J connectivity index is 1.62. The number of furan rings is 1. The summed E-state index contributed by atoms with van der Waals surface area (Å²) in [6.45, 7) is 1.52. The Bertz CT molecular complexity index is 971. The molecule has 1 aromatic heterocycles. The Morgan fingerprint density at radius 3 is 2.65 bits per heavy atom. The van der Waals surface area contributed by atoms with Crippen LogP contribution in [0.25, 0.3) is 16.8 Å². The van der Waals surface area contributed by atoms with E-state index >= 15 is 0 Å². The van der Waals surface area contributed by atoms with Gasteiger partial charge in [0.2, 0.25) is 0 Å². The normalized spacial score (nSPS) is 12.2. The maximum absolute atomic E-state index is 12.3. The van der Waals surface area contributed by atoms with Crippen LogP contribution in [0.15, 0.2) is 69.8 Å². The van der Waals surface area contributed by atoms with Crippen LogP contribution in [-0.4, -0.2) is 18.0 Å². The van der Waals surface area contributed by atoms with E-state index in [1.807, 2.05) is 42.5 Å². The van der Waals surface area contributed by atoms with Gasteiger partial charge in [-0.05, 0) is 52.5 Å². The van der Waals surface area contributed by atoms with Gasteiger partial charge in [0.25, 0.3) is 5.91 Å². The zero-order valence-electron chi connectivity index (χ0n) is 13.9. The molecule has 0 aliphatic heterocycles. The number of fused-ring (bicyclic) bond motifs is 1. The molecular formula is C20H16BrNO4. The average molecular weight is 414 g/mol. The number of anilines is 1. The number of hydrogen-bond acceptors (Lipinski definition) is 4. The minimum atomic E-state index is -0.936. The van der Waals surface area contributed by atoms with Gasteiger partial charge in [-0.3, -0.25) is 4.79 Å². The third kappa shape index (κ3) is 4.40. The monoisotopic (exact) mass is 413 g/mol. The molecule has 0 bridgehead atoms. The van der Waals surface area contributed by atoms with Crippen LogP contribution < -0.4 is 5.32 Å². The number of amides is 1. The van der Waals surface area contributed by atoms with E-state index in [2.05, 4.69) is 21.2 Å². The standard InChI is InChI=1S/C20H16BrNO4/c1-13(25-19(23)12-10-15-9-11-18(21)26-15)20(24)22-17-8-4-6-14-5-2-3-7-16(14)17/h2-13H,1H3,(H,22,24)/b12-10+/t13-/m0/s1. The van der Waals surface area contributed by atoms with Crippen molar-refractivity contribution in [1.29, 1.82) is 0 Å². The molecule has 0 radical (unpaired) electrons. The van der Waals surface area contributed by atoms with Crippen LogP contribution >= 0.6 is 15.9 Å². The summed E-state index contributed by atoms with van der Waals surface area (Å²) in [5, 5.41) is 4.74. The third-order valence-corrected chi connectivity index (χ3v) is 4.11. The molecule has 3 rings (SSSR count). The molecule has 1 amide bonds. The molecule has 132 valence electrons. The lowest BCUT2D eigenvalue weighted by atomic mass is 10.1. The summed E-state index contributed by atoms with van der Waals surface area (Å²) in [5.74, 6) is -0.524. The highest BCUT2D eigenvalue weighted by molar-refractivity contribution is 9.10. The second-order valence-electron chi connectivity index (χ2n) is 5.57. The second-order valence-corrected chi connectivity index (χ2v) is 6.35. The average Bonchev–Trinajstić information content (AvgIpc) is 3.05. The first-order valence-electron chi connectivity index (χ1n) is 7.95. The lowest BCUT2D eigenvalue weighted by Crippen LogP contribution is -2.29. The van der Waals surface area contributed by atoms with Crippen molar-refractivity contribution in [1.82, 2.24) is 0 Å². The van der Waals surface area contributed by atoms with Gasteiger partial charge in [0.15, 0.2) is 10.8 Å². The molecule has 0 unspecified atom stereocenters. The van der Waals surface area contributed by atoms with Crippen molar-refractivity contribution >= 4 is 50.3 Å². The van der Waals surface area contributed by atoms with E-state index in [1.165, 1.54) is 19.1 Å². The van der Waals surface area contributed by atoms with E-state index in [-0.39, 0.29) is 0 Å². The molecule has 0 aliphatic carbocycles. The molecule has 0 spiro atoms. The molecule has 1 atom stereocenters. The molecule has 5 nitrogen and oxygen atoms in total. The first-order valence-corrected chi connectivity index (χ1v) is 8.75. The summed E-state index contributed by atoms with van der Waals surface area (Å²) in [6.07, 6.45) is 1.75. The molecule has 6 heteroatoms. The number of nitrogens with one attached hydrogen (secondary N) is 1. The van der Waals surface area contributed by atoms with Gasteiger partial charge >= 0.3 is 5.97 Å². The number of hydrogen-bond donors (Lipinski definition) is 1. The van der Waals surface area contributed by atoms with Crippen molar-refractivity contribution in [3.63, 3.8) is 0 Å². The van der Waals surface area contributed by atoms with Crippen LogP contribution in [0.4, 0.5) is 5.69 Å². The van der Waals surface area contributed by atoms with Gasteiger partial charge < -0.3 is 14.5 Å². The lowest BCUT2D eigenvalue weighted by Gasteiger charge is -2.13. The van der Waals surface area contributed by atoms with Gasteiger partial charge in [-0.2, -0.15) is 0 Å². The third-order valence-electron chi connectivity index (χ3n) is 3.69. The lowest BCUT2D eigenvalue weighted by molar-refractivity contribution is -0.148. The number of carbonyl (C=O) groups is 2. The Labute approximate surface area is 158 Å². The van der Waals surface area contributed by atoms with Gasteiger partial charge in [-0.25, -0.2) is 4.79 Å². The Morgan fingerprint density at radius 1 is 1.12 bits per heavy atom. The highest BCUT2D eigenvalue weighted by Crippen LogP contribution is 2.23. The second kappa shape index (κ2) is 8.01. The highest BCUT2D eigenvalue weighted by Gasteiger charge is 2.17. The first kappa shape index (κ1) is 17.9. The van der Waals surface area contributed by atoms with Crippen molar-refractivity contribution in [2.45, 2.75) is 13.0 Å². The van der Waals surface area contributed by atoms with Gasteiger partial charge in [-0.15, -0.1) is 0 Å². The van der Waals surface area contributed by atoms with Crippen molar-refractivity contribution in [3.8, 4) is 0 Å². The molecule has 1 heterocycles. The van der Waals surface area contributed by atoms with E-state index in [4.69, 9.17) is 9.15 Å². The smallest absolute Gasteiger partial charge is 0.331 e. The van der Waals surface area contributed by atoms with Gasteiger partial charge in [-0.1, -0.05) is 36.4 Å². The Morgan fingerprint density at radius 2 is 1.88 bits per heavy atom. The minimum absolute atomic E-state index is 0.399. The summed E-state index contributed by atoms with van der Waals surface area (Å²) >= 11 is 3.18. The number of benzene rings is 2. The van der Waals surface area contributed by atoms with E-state index in [9.17, 15) is 9.59 Å². The Kier molecular flexibility index (Phi) is 5.53. The fraction of sp³-hybridized carbons (Fsp3) is 0.100. The van der Waals surface area contributed by atoms with Crippen molar-refractivity contribution < 1.29 is 18.7 Å². The molecule has 0 saturated heterocycles. The summed E-state index contributed by atoms with van der Waals surface area (Å²) in [4.78, 5) is 24.2. The van der Waals surface area contributed by atoms with E-state index < -0.39 is 18.0 Å². The molecule has 0 saturated carbocycles. The Hall–Kier alpha value is -2.86. The predicted octanol–water partition coefficient (Wildman–Crippen LogP) is 4.78. The largest absolute Gasteiger partial charge is 0.450 e. The maximum Gasteiger partial charge on any atom is 0.331 e. The van der Waals surface area contributed by atoms with Crippen LogP contribution in [-0.2, 0) is 14.3 Å². The van der Waals surface area contributed by atoms with Crippen molar-refractivity contribution in [3.05, 3.63) is 71.1 Å². The first-order chi connectivity index (χ1) is 12.5.